The molecule has 0 spiro atoms. The first-order chi connectivity index (χ1) is 23.2. The van der Waals surface area contributed by atoms with Gasteiger partial charge in [-0.25, -0.2) is 22.6 Å². The molecule has 4 aromatic rings. The molecular formula is C32H27F4N5O6S2. The number of amides is 3. The van der Waals surface area contributed by atoms with Crippen LogP contribution in [0.3, 0.4) is 0 Å². The zero-order valence-electron chi connectivity index (χ0n) is 25.3. The van der Waals surface area contributed by atoms with Crippen molar-refractivity contribution >= 4 is 55.0 Å². The highest BCUT2D eigenvalue weighted by atomic mass is 32.2. The maximum Gasteiger partial charge on any atom is 0.411 e. The lowest BCUT2D eigenvalue weighted by molar-refractivity contribution is -0.130. The summed E-state index contributed by atoms with van der Waals surface area (Å²) in [6.45, 7) is -0.674. The van der Waals surface area contributed by atoms with E-state index in [4.69, 9.17) is 10.00 Å². The number of alkyl halides is 3. The van der Waals surface area contributed by atoms with Gasteiger partial charge in [0.25, 0.3) is 0 Å². The lowest BCUT2D eigenvalue weighted by Crippen LogP contribution is -2.41. The lowest BCUT2D eigenvalue weighted by Gasteiger charge is -2.16. The van der Waals surface area contributed by atoms with E-state index in [2.05, 4.69) is 20.9 Å². The number of anilines is 1. The van der Waals surface area contributed by atoms with Gasteiger partial charge in [0, 0.05) is 23.4 Å². The van der Waals surface area contributed by atoms with Gasteiger partial charge in [-0.3, -0.25) is 14.9 Å². The van der Waals surface area contributed by atoms with Gasteiger partial charge in [-0.1, -0.05) is 24.3 Å². The highest BCUT2D eigenvalue weighted by Gasteiger charge is 2.40. The molecule has 0 saturated heterocycles. The molecule has 256 valence electrons. The number of thiazole rings is 1. The standard InChI is InChI=1S/C32H27F4N5O6S2/c33-24-14-25-26(13-23(24)20-4-6-22(7-5-20)40-31(44)47-17-19-3-1-2-18(12-19)15-37)48-30(41-25)28(49(45,46)11-10-32(34,35)36)29(43)38-16-27(42)39-21-8-9-21/h1-7,12-14,21,28H,8-11,16-17H2,(H,38,43)(H,39,42)(H,40,44). The van der Waals surface area contributed by atoms with Gasteiger partial charge in [-0.15, -0.1) is 11.3 Å². The molecule has 1 aliphatic carbocycles. The van der Waals surface area contributed by atoms with Crippen molar-refractivity contribution in [1.29, 1.82) is 5.26 Å². The normalized spacial score (nSPS) is 13.7. The second-order valence-corrected chi connectivity index (χ2v) is 14.4. The molecule has 0 aliphatic heterocycles. The number of carbonyl (C=O) groups excluding carboxylic acids is 3. The maximum absolute atomic E-state index is 15.3. The third kappa shape index (κ3) is 9.51. The van der Waals surface area contributed by atoms with Gasteiger partial charge >= 0.3 is 12.3 Å². The van der Waals surface area contributed by atoms with E-state index >= 15 is 4.39 Å². The fourth-order valence-corrected chi connectivity index (χ4v) is 7.71. The third-order valence-corrected chi connectivity index (χ3v) is 10.4. The number of ether oxygens (including phenoxy) is 1. The summed E-state index contributed by atoms with van der Waals surface area (Å²) in [4.78, 5) is 41.5. The molecule has 1 atom stereocenters. The van der Waals surface area contributed by atoms with E-state index in [1.807, 2.05) is 6.07 Å². The summed E-state index contributed by atoms with van der Waals surface area (Å²) in [5.74, 6) is -3.98. The number of nitriles is 1. The Kier molecular flexibility index (Phi) is 10.5. The van der Waals surface area contributed by atoms with Crippen molar-refractivity contribution in [3.05, 3.63) is 82.6 Å². The van der Waals surface area contributed by atoms with Crippen LogP contribution in [0.5, 0.6) is 0 Å². The fraction of sp³-hybridized carbons (Fsp3) is 0.281. The predicted octanol–water partition coefficient (Wildman–Crippen LogP) is 5.53. The molecule has 0 radical (unpaired) electrons. The van der Waals surface area contributed by atoms with Gasteiger partial charge in [0.15, 0.2) is 15.1 Å². The number of hydrogen-bond donors (Lipinski definition) is 3. The summed E-state index contributed by atoms with van der Waals surface area (Å²) in [5.41, 5.74) is 1.74. The van der Waals surface area contributed by atoms with Crippen LogP contribution in [0.4, 0.5) is 28.0 Å². The van der Waals surface area contributed by atoms with Crippen molar-refractivity contribution < 1.29 is 45.1 Å². The van der Waals surface area contributed by atoms with E-state index in [1.165, 1.54) is 30.3 Å². The average molecular weight is 718 g/mol. The number of halogens is 4. The van der Waals surface area contributed by atoms with E-state index < -0.39 is 63.7 Å². The summed E-state index contributed by atoms with van der Waals surface area (Å²) in [7, 11) is -4.79. The number of aromatic nitrogens is 1. The van der Waals surface area contributed by atoms with Gasteiger partial charge in [-0.05, 0) is 54.3 Å². The summed E-state index contributed by atoms with van der Waals surface area (Å²) in [6.07, 6.45) is -5.78. The molecule has 17 heteroatoms. The highest BCUT2D eigenvalue weighted by Crippen LogP contribution is 2.36. The number of benzene rings is 3. The number of sulfone groups is 1. The van der Waals surface area contributed by atoms with E-state index in [-0.39, 0.29) is 33.4 Å². The average Bonchev–Trinajstić information content (AvgIpc) is 3.78. The van der Waals surface area contributed by atoms with Crippen LogP contribution in [-0.2, 0) is 30.8 Å². The number of nitrogens with zero attached hydrogens (tertiary/aromatic N) is 2. The third-order valence-electron chi connectivity index (χ3n) is 7.22. The number of rotatable bonds is 12. The van der Waals surface area contributed by atoms with Gasteiger partial charge in [0.1, 0.15) is 17.4 Å². The molecule has 0 bridgehead atoms. The molecule has 1 aromatic heterocycles. The molecule has 49 heavy (non-hydrogen) atoms. The zero-order chi connectivity index (χ0) is 35.3. The fourth-order valence-electron chi connectivity index (χ4n) is 4.64. The van der Waals surface area contributed by atoms with Crippen molar-refractivity contribution in [3.63, 3.8) is 0 Å². The summed E-state index contributed by atoms with van der Waals surface area (Å²) >= 11 is 0.693. The molecule has 3 N–H and O–H groups in total. The Hall–Kier alpha value is -5.08. The minimum atomic E-state index is -4.82. The first-order valence-electron chi connectivity index (χ1n) is 14.7. The van der Waals surface area contributed by atoms with Crippen molar-refractivity contribution in [2.75, 3.05) is 17.6 Å². The van der Waals surface area contributed by atoms with Crippen LogP contribution in [0.2, 0.25) is 0 Å². The van der Waals surface area contributed by atoms with Gasteiger partial charge in [0.05, 0.1) is 40.6 Å². The van der Waals surface area contributed by atoms with Crippen molar-refractivity contribution in [2.24, 2.45) is 0 Å². The van der Waals surface area contributed by atoms with Crippen molar-refractivity contribution in [2.45, 2.75) is 43.3 Å². The van der Waals surface area contributed by atoms with E-state index in [9.17, 15) is 36.0 Å². The van der Waals surface area contributed by atoms with Gasteiger partial charge in [-0.2, -0.15) is 18.4 Å². The molecule has 1 aliphatic rings. The molecule has 3 amide bonds. The van der Waals surface area contributed by atoms with Crippen LogP contribution in [0, 0.1) is 17.1 Å². The Balaban J connectivity index is 1.33. The van der Waals surface area contributed by atoms with Crippen LogP contribution in [0.25, 0.3) is 21.3 Å². The maximum atomic E-state index is 15.3. The summed E-state index contributed by atoms with van der Waals surface area (Å²) in [6, 6.07) is 16.8. The van der Waals surface area contributed by atoms with E-state index in [1.54, 1.807) is 24.3 Å². The molecule has 11 nitrogen and oxygen atoms in total. The largest absolute Gasteiger partial charge is 0.444 e. The van der Waals surface area contributed by atoms with E-state index in [0.717, 1.165) is 18.9 Å². The quantitative estimate of drug-likeness (QED) is 0.161. The van der Waals surface area contributed by atoms with Gasteiger partial charge < -0.3 is 15.4 Å². The van der Waals surface area contributed by atoms with Crippen LogP contribution < -0.4 is 16.0 Å². The number of nitrogens with one attached hydrogen (secondary N) is 3. The van der Waals surface area contributed by atoms with Crippen molar-refractivity contribution in [1.82, 2.24) is 15.6 Å². The smallest absolute Gasteiger partial charge is 0.411 e. The Morgan fingerprint density at radius 3 is 2.49 bits per heavy atom. The lowest BCUT2D eigenvalue weighted by atomic mass is 10.0. The van der Waals surface area contributed by atoms with Crippen LogP contribution >= 0.6 is 11.3 Å². The SMILES string of the molecule is N#Cc1cccc(COC(=O)Nc2ccc(-c3cc4sc(C(C(=O)NCC(=O)NC5CC5)S(=O)(=O)CCC(F)(F)F)nc4cc3F)cc2)c1. The second kappa shape index (κ2) is 14.6. The Morgan fingerprint density at radius 2 is 1.82 bits per heavy atom. The number of carbonyl (C=O) groups is 3. The van der Waals surface area contributed by atoms with Crippen molar-refractivity contribution in [3.8, 4) is 17.2 Å². The number of hydrogen-bond acceptors (Lipinski definition) is 9. The monoisotopic (exact) mass is 717 g/mol. The Labute approximate surface area is 281 Å². The number of fused-ring (bicyclic) bond motifs is 1. The zero-order valence-corrected chi connectivity index (χ0v) is 27.0. The minimum Gasteiger partial charge on any atom is -0.444 e. The second-order valence-electron chi connectivity index (χ2n) is 11.1. The first-order valence-corrected chi connectivity index (χ1v) is 17.2. The molecular weight excluding hydrogens is 691 g/mol. The highest BCUT2D eigenvalue weighted by molar-refractivity contribution is 7.92. The predicted molar refractivity (Wildman–Crippen MR) is 171 cm³/mol. The van der Waals surface area contributed by atoms with E-state index in [0.29, 0.717) is 33.7 Å². The molecule has 1 heterocycles. The Morgan fingerprint density at radius 1 is 1.08 bits per heavy atom. The van der Waals surface area contributed by atoms with Crippen LogP contribution in [0.15, 0.2) is 60.7 Å². The molecule has 5 rings (SSSR count). The van der Waals surface area contributed by atoms with Gasteiger partial charge in [0.2, 0.25) is 11.8 Å². The minimum absolute atomic E-state index is 0.0297. The molecule has 1 saturated carbocycles. The van der Waals surface area contributed by atoms with Crippen LogP contribution in [0.1, 0.15) is 40.6 Å². The summed E-state index contributed by atoms with van der Waals surface area (Å²) < 4.78 is 85.8. The summed E-state index contributed by atoms with van der Waals surface area (Å²) in [5, 5.41) is 13.8. The topological polar surface area (TPSA) is 167 Å². The van der Waals surface area contributed by atoms with Crippen LogP contribution in [-0.4, -0.2) is 55.8 Å². The Bertz CT molecular complexity index is 2040. The molecule has 1 unspecified atom stereocenters. The molecule has 3 aromatic carbocycles. The first kappa shape index (κ1) is 35.2. The molecule has 1 fully saturated rings.